The Morgan fingerprint density at radius 3 is 2.74 bits per heavy atom. The first-order valence-electron chi connectivity index (χ1n) is 6.63. The van der Waals surface area contributed by atoms with Crippen molar-refractivity contribution in [2.75, 3.05) is 44.2 Å². The number of hydrogen-bond donors (Lipinski definition) is 2. The van der Waals surface area contributed by atoms with Gasteiger partial charge in [-0.3, -0.25) is 9.69 Å². The normalized spacial score (nSPS) is 16.8. The van der Waals surface area contributed by atoms with Gasteiger partial charge in [0.15, 0.2) is 0 Å². The molecule has 1 aliphatic heterocycles. The summed E-state index contributed by atoms with van der Waals surface area (Å²) < 4.78 is 0.677. The third-order valence-corrected chi connectivity index (χ3v) is 4.35. The number of nitrogens with two attached hydrogens (primary N) is 1. The van der Waals surface area contributed by atoms with Gasteiger partial charge in [0.1, 0.15) is 9.39 Å². The first kappa shape index (κ1) is 14.7. The van der Waals surface area contributed by atoms with E-state index in [2.05, 4.69) is 42.4 Å². The van der Waals surface area contributed by atoms with E-state index in [1.807, 2.05) is 0 Å². The summed E-state index contributed by atoms with van der Waals surface area (Å²) in [6.45, 7) is 5.79. The largest absolute Gasteiger partial charge is 0.353 e. The zero-order valence-corrected chi connectivity index (χ0v) is 13.1. The van der Waals surface area contributed by atoms with Gasteiger partial charge in [0.05, 0.1) is 6.33 Å². The number of nitrogens with one attached hydrogen (secondary N) is 1. The molecule has 0 saturated carbocycles. The zero-order chi connectivity index (χ0) is 13.7. The highest BCUT2D eigenvalue weighted by molar-refractivity contribution is 14.1. The van der Waals surface area contributed by atoms with E-state index >= 15 is 0 Å². The summed E-state index contributed by atoms with van der Waals surface area (Å²) in [5, 5.41) is 0. The number of aromatic amines is 1. The zero-order valence-electron chi connectivity index (χ0n) is 10.9. The second-order valence-electron chi connectivity index (χ2n) is 4.69. The average molecular weight is 377 g/mol. The lowest BCUT2D eigenvalue weighted by molar-refractivity contribution is 0.253. The second kappa shape index (κ2) is 7.20. The van der Waals surface area contributed by atoms with Gasteiger partial charge in [-0.15, -0.1) is 0 Å². The van der Waals surface area contributed by atoms with Crippen LogP contribution in [-0.2, 0) is 0 Å². The fraction of sp³-hybridized carbons (Fsp3) is 0.667. The van der Waals surface area contributed by atoms with Crippen molar-refractivity contribution in [2.45, 2.75) is 12.8 Å². The van der Waals surface area contributed by atoms with E-state index in [0.717, 1.165) is 57.9 Å². The maximum absolute atomic E-state index is 11.6. The second-order valence-corrected chi connectivity index (χ2v) is 5.77. The fourth-order valence-electron chi connectivity index (χ4n) is 2.26. The molecule has 0 amide bonds. The number of rotatable bonds is 5. The summed E-state index contributed by atoms with van der Waals surface area (Å²) in [5.74, 6) is 0.811. The molecule has 0 aromatic carbocycles. The van der Waals surface area contributed by atoms with E-state index in [9.17, 15) is 4.79 Å². The molecule has 1 fully saturated rings. The van der Waals surface area contributed by atoms with Crippen LogP contribution in [0, 0.1) is 3.57 Å². The predicted octanol–water partition coefficient (Wildman–Crippen LogP) is 0.235. The van der Waals surface area contributed by atoms with Gasteiger partial charge >= 0.3 is 0 Å². The van der Waals surface area contributed by atoms with Crippen molar-refractivity contribution in [1.29, 1.82) is 0 Å². The van der Waals surface area contributed by atoms with Gasteiger partial charge in [-0.25, -0.2) is 4.98 Å². The molecule has 0 radical (unpaired) electrons. The Kier molecular flexibility index (Phi) is 5.59. The number of anilines is 1. The van der Waals surface area contributed by atoms with Crippen LogP contribution in [0.25, 0.3) is 0 Å². The highest BCUT2D eigenvalue weighted by Crippen LogP contribution is 2.17. The van der Waals surface area contributed by atoms with Crippen molar-refractivity contribution in [2.24, 2.45) is 5.73 Å². The Balaban J connectivity index is 1.89. The lowest BCUT2D eigenvalue weighted by Crippen LogP contribution is -2.47. The molecule has 0 unspecified atom stereocenters. The summed E-state index contributed by atoms with van der Waals surface area (Å²) in [5.41, 5.74) is 5.45. The Labute approximate surface area is 126 Å². The van der Waals surface area contributed by atoms with Gasteiger partial charge in [0, 0.05) is 26.2 Å². The lowest BCUT2D eigenvalue weighted by Gasteiger charge is -2.35. The van der Waals surface area contributed by atoms with Crippen molar-refractivity contribution in [1.82, 2.24) is 14.9 Å². The minimum absolute atomic E-state index is 0.0593. The van der Waals surface area contributed by atoms with Crippen molar-refractivity contribution in [3.05, 3.63) is 20.3 Å². The molecule has 19 heavy (non-hydrogen) atoms. The van der Waals surface area contributed by atoms with E-state index in [1.165, 1.54) is 6.33 Å². The molecule has 1 aromatic rings. The van der Waals surface area contributed by atoms with Crippen molar-refractivity contribution >= 4 is 28.4 Å². The molecule has 7 heteroatoms. The van der Waals surface area contributed by atoms with Gasteiger partial charge in [0.25, 0.3) is 5.56 Å². The molecular formula is C12H20IN5O. The third kappa shape index (κ3) is 3.90. The van der Waals surface area contributed by atoms with Crippen LogP contribution in [-0.4, -0.2) is 54.1 Å². The molecular weight excluding hydrogens is 357 g/mol. The van der Waals surface area contributed by atoms with Crippen molar-refractivity contribution < 1.29 is 0 Å². The number of piperazine rings is 1. The van der Waals surface area contributed by atoms with E-state index in [0.29, 0.717) is 3.57 Å². The average Bonchev–Trinajstić information content (AvgIpc) is 2.43. The smallest absolute Gasteiger partial charge is 0.266 e. The molecule has 0 aliphatic carbocycles. The van der Waals surface area contributed by atoms with Crippen LogP contribution in [0.2, 0.25) is 0 Å². The standard InChI is InChI=1S/C12H20IN5O/c13-10-11(15-9-16-12(10)19)18-7-5-17(6-8-18)4-2-1-3-14/h9H,1-8,14H2,(H,15,16,19). The fourth-order valence-corrected chi connectivity index (χ4v) is 2.89. The molecule has 1 aromatic heterocycles. The van der Waals surface area contributed by atoms with Crippen LogP contribution in [0.3, 0.4) is 0 Å². The summed E-state index contributed by atoms with van der Waals surface area (Å²) in [7, 11) is 0. The first-order chi connectivity index (χ1) is 9.22. The summed E-state index contributed by atoms with van der Waals surface area (Å²) in [4.78, 5) is 23.1. The van der Waals surface area contributed by atoms with Crippen LogP contribution in [0.5, 0.6) is 0 Å². The summed E-state index contributed by atoms with van der Waals surface area (Å²) >= 11 is 2.06. The van der Waals surface area contributed by atoms with Crippen LogP contribution >= 0.6 is 22.6 Å². The van der Waals surface area contributed by atoms with Crippen LogP contribution in [0.4, 0.5) is 5.82 Å². The molecule has 1 aliphatic rings. The van der Waals surface area contributed by atoms with Gasteiger partial charge in [-0.05, 0) is 48.5 Å². The van der Waals surface area contributed by atoms with Gasteiger partial charge in [0.2, 0.25) is 0 Å². The SMILES string of the molecule is NCCCCN1CCN(c2nc[nH]c(=O)c2I)CC1. The predicted molar refractivity (Wildman–Crippen MR) is 84.5 cm³/mol. The number of halogens is 1. The number of H-pyrrole nitrogens is 1. The number of nitrogens with zero attached hydrogens (tertiary/aromatic N) is 3. The molecule has 0 bridgehead atoms. The molecule has 106 valence electrons. The van der Waals surface area contributed by atoms with Crippen LogP contribution in [0.1, 0.15) is 12.8 Å². The van der Waals surface area contributed by atoms with E-state index in [4.69, 9.17) is 5.73 Å². The topological polar surface area (TPSA) is 78.2 Å². The number of unbranched alkanes of at least 4 members (excludes halogenated alkanes) is 1. The van der Waals surface area contributed by atoms with Crippen molar-refractivity contribution in [3.8, 4) is 0 Å². The molecule has 1 saturated heterocycles. The Morgan fingerprint density at radius 1 is 1.32 bits per heavy atom. The quantitative estimate of drug-likeness (QED) is 0.568. The monoisotopic (exact) mass is 377 g/mol. The maximum Gasteiger partial charge on any atom is 0.266 e. The van der Waals surface area contributed by atoms with E-state index in [1.54, 1.807) is 0 Å². The third-order valence-electron chi connectivity index (χ3n) is 3.38. The van der Waals surface area contributed by atoms with Crippen molar-refractivity contribution in [3.63, 3.8) is 0 Å². The van der Waals surface area contributed by atoms with Crippen LogP contribution < -0.4 is 16.2 Å². The summed E-state index contributed by atoms with van der Waals surface area (Å²) in [6.07, 6.45) is 3.73. The number of aromatic nitrogens is 2. The Bertz CT molecular complexity index is 456. The van der Waals surface area contributed by atoms with E-state index in [-0.39, 0.29) is 5.56 Å². The molecule has 0 spiro atoms. The Hall–Kier alpha value is -0.670. The maximum atomic E-state index is 11.6. The lowest BCUT2D eigenvalue weighted by atomic mass is 10.2. The molecule has 6 nitrogen and oxygen atoms in total. The summed E-state index contributed by atoms with van der Waals surface area (Å²) in [6, 6.07) is 0. The van der Waals surface area contributed by atoms with Gasteiger partial charge in [-0.2, -0.15) is 0 Å². The molecule has 2 heterocycles. The highest BCUT2D eigenvalue weighted by atomic mass is 127. The first-order valence-corrected chi connectivity index (χ1v) is 7.71. The van der Waals surface area contributed by atoms with Crippen LogP contribution in [0.15, 0.2) is 11.1 Å². The van der Waals surface area contributed by atoms with Gasteiger partial charge < -0.3 is 15.6 Å². The molecule has 3 N–H and O–H groups in total. The Morgan fingerprint density at radius 2 is 2.05 bits per heavy atom. The minimum Gasteiger partial charge on any atom is -0.353 e. The van der Waals surface area contributed by atoms with E-state index < -0.39 is 0 Å². The number of hydrogen-bond acceptors (Lipinski definition) is 5. The highest BCUT2D eigenvalue weighted by Gasteiger charge is 2.20. The molecule has 0 atom stereocenters. The molecule has 2 rings (SSSR count). The van der Waals surface area contributed by atoms with Gasteiger partial charge in [-0.1, -0.05) is 0 Å². The minimum atomic E-state index is -0.0593.